The van der Waals surface area contributed by atoms with Crippen molar-refractivity contribution in [3.05, 3.63) is 18.0 Å². The van der Waals surface area contributed by atoms with Crippen molar-refractivity contribution in [1.29, 1.82) is 0 Å². The smallest absolute Gasteiger partial charge is 0.359 e. The summed E-state index contributed by atoms with van der Waals surface area (Å²) < 4.78 is 11.2. The third-order valence-electron chi connectivity index (χ3n) is 2.02. The van der Waals surface area contributed by atoms with E-state index < -0.39 is 11.6 Å². The van der Waals surface area contributed by atoms with E-state index in [4.69, 9.17) is 4.74 Å². The van der Waals surface area contributed by atoms with E-state index in [1.165, 1.54) is 11.8 Å². The summed E-state index contributed by atoms with van der Waals surface area (Å²) >= 11 is 0. The van der Waals surface area contributed by atoms with Crippen molar-refractivity contribution in [2.75, 3.05) is 7.11 Å². The van der Waals surface area contributed by atoms with Gasteiger partial charge in [0.1, 0.15) is 5.60 Å². The Labute approximate surface area is 106 Å². The molecule has 0 spiro atoms. The Kier molecular flexibility index (Phi) is 4.47. The summed E-state index contributed by atoms with van der Waals surface area (Å²) in [5, 5.41) is 4.03. The molecule has 18 heavy (non-hydrogen) atoms. The first-order valence-corrected chi connectivity index (χ1v) is 5.65. The minimum atomic E-state index is -0.549. The second-order valence-electron chi connectivity index (χ2n) is 4.79. The van der Waals surface area contributed by atoms with Crippen LogP contribution in [0, 0.1) is 0 Å². The largest absolute Gasteiger partial charge is 0.469 e. The molecule has 0 amide bonds. The molecule has 1 aromatic heterocycles. The van der Waals surface area contributed by atoms with Crippen LogP contribution in [0.15, 0.2) is 12.3 Å². The molecule has 6 heteroatoms. The number of carbonyl (C=O) groups excluding carboxylic acids is 2. The summed E-state index contributed by atoms with van der Waals surface area (Å²) in [5.41, 5.74) is -0.317. The van der Waals surface area contributed by atoms with Gasteiger partial charge >= 0.3 is 11.9 Å². The van der Waals surface area contributed by atoms with Crippen molar-refractivity contribution >= 4 is 11.9 Å². The molecule has 0 aliphatic heterocycles. The Morgan fingerprint density at radius 1 is 1.39 bits per heavy atom. The quantitative estimate of drug-likeness (QED) is 0.759. The third kappa shape index (κ3) is 4.57. The molecular formula is C12H18N2O4. The Hall–Kier alpha value is -1.85. The van der Waals surface area contributed by atoms with E-state index in [0.717, 1.165) is 0 Å². The van der Waals surface area contributed by atoms with Crippen LogP contribution in [0.3, 0.4) is 0 Å². The SMILES string of the molecule is COC(=O)CCn1ccc(C(=O)OC(C)(C)C)n1. The first-order valence-electron chi connectivity index (χ1n) is 5.65. The molecule has 0 aromatic carbocycles. The lowest BCUT2D eigenvalue weighted by Gasteiger charge is -2.18. The number of nitrogens with zero attached hydrogens (tertiary/aromatic N) is 2. The molecule has 0 aliphatic carbocycles. The predicted molar refractivity (Wildman–Crippen MR) is 64.0 cm³/mol. The zero-order valence-electron chi connectivity index (χ0n) is 11.1. The molecule has 0 saturated carbocycles. The lowest BCUT2D eigenvalue weighted by molar-refractivity contribution is -0.140. The van der Waals surface area contributed by atoms with Crippen LogP contribution in [-0.2, 0) is 20.8 Å². The maximum absolute atomic E-state index is 11.7. The highest BCUT2D eigenvalue weighted by molar-refractivity contribution is 5.87. The molecule has 1 heterocycles. The number of rotatable bonds is 4. The standard InChI is InChI=1S/C12H18N2O4/c1-12(2,3)18-11(16)9-5-7-14(13-9)8-6-10(15)17-4/h5,7H,6,8H2,1-4H3. The summed E-state index contributed by atoms with van der Waals surface area (Å²) in [6, 6.07) is 1.56. The lowest BCUT2D eigenvalue weighted by Crippen LogP contribution is -2.24. The number of hydrogen-bond acceptors (Lipinski definition) is 5. The normalized spacial score (nSPS) is 11.1. The van der Waals surface area contributed by atoms with Gasteiger partial charge in [-0.2, -0.15) is 5.10 Å². The van der Waals surface area contributed by atoms with Gasteiger partial charge in [-0.1, -0.05) is 0 Å². The third-order valence-corrected chi connectivity index (χ3v) is 2.02. The van der Waals surface area contributed by atoms with Gasteiger partial charge in [-0.15, -0.1) is 0 Å². The second kappa shape index (κ2) is 5.66. The summed E-state index contributed by atoms with van der Waals surface area (Å²) in [6.45, 7) is 5.74. The number of aromatic nitrogens is 2. The van der Waals surface area contributed by atoms with E-state index in [9.17, 15) is 9.59 Å². The molecule has 0 atom stereocenters. The Bertz CT molecular complexity index is 432. The van der Waals surface area contributed by atoms with Gasteiger partial charge in [0.05, 0.1) is 20.1 Å². The highest BCUT2D eigenvalue weighted by Crippen LogP contribution is 2.10. The van der Waals surface area contributed by atoms with Crippen molar-refractivity contribution in [3.63, 3.8) is 0 Å². The number of aryl methyl sites for hydroxylation is 1. The average Bonchev–Trinajstić information content (AvgIpc) is 2.72. The van der Waals surface area contributed by atoms with E-state index in [0.29, 0.717) is 6.54 Å². The highest BCUT2D eigenvalue weighted by atomic mass is 16.6. The molecule has 1 aromatic rings. The Balaban J connectivity index is 2.58. The van der Waals surface area contributed by atoms with Crippen LogP contribution < -0.4 is 0 Å². The second-order valence-corrected chi connectivity index (χ2v) is 4.79. The molecule has 0 fully saturated rings. The molecule has 0 unspecified atom stereocenters. The van der Waals surface area contributed by atoms with Crippen LogP contribution in [0.5, 0.6) is 0 Å². The van der Waals surface area contributed by atoms with E-state index in [2.05, 4.69) is 9.84 Å². The maximum atomic E-state index is 11.7. The number of carbonyl (C=O) groups is 2. The summed E-state index contributed by atoms with van der Waals surface area (Å²) in [7, 11) is 1.33. The van der Waals surface area contributed by atoms with Gasteiger partial charge < -0.3 is 9.47 Å². The lowest BCUT2D eigenvalue weighted by atomic mass is 10.2. The average molecular weight is 254 g/mol. The molecule has 0 saturated heterocycles. The Morgan fingerprint density at radius 2 is 2.06 bits per heavy atom. The molecule has 6 nitrogen and oxygen atoms in total. The fourth-order valence-corrected chi connectivity index (χ4v) is 1.23. The topological polar surface area (TPSA) is 70.4 Å². The minimum absolute atomic E-state index is 0.214. The predicted octanol–water partition coefficient (Wildman–Crippen LogP) is 1.40. The molecular weight excluding hydrogens is 236 g/mol. The Morgan fingerprint density at radius 3 is 2.61 bits per heavy atom. The summed E-state index contributed by atoms with van der Waals surface area (Å²) in [6.07, 6.45) is 1.84. The molecule has 0 bridgehead atoms. The minimum Gasteiger partial charge on any atom is -0.469 e. The van der Waals surface area contributed by atoms with Crippen molar-refractivity contribution in [2.24, 2.45) is 0 Å². The molecule has 0 aliphatic rings. The fourth-order valence-electron chi connectivity index (χ4n) is 1.23. The molecule has 1 rings (SSSR count). The van der Waals surface area contributed by atoms with Crippen LogP contribution in [0.1, 0.15) is 37.7 Å². The first-order chi connectivity index (χ1) is 8.31. The van der Waals surface area contributed by atoms with Gasteiger partial charge in [-0.3, -0.25) is 9.48 Å². The van der Waals surface area contributed by atoms with Gasteiger partial charge in [0, 0.05) is 6.20 Å². The number of methoxy groups -OCH3 is 1. The zero-order valence-corrected chi connectivity index (χ0v) is 11.1. The number of esters is 2. The molecule has 100 valence electrons. The van der Waals surface area contributed by atoms with Crippen molar-refractivity contribution in [1.82, 2.24) is 9.78 Å². The fraction of sp³-hybridized carbons (Fsp3) is 0.583. The van der Waals surface area contributed by atoms with Crippen molar-refractivity contribution in [3.8, 4) is 0 Å². The van der Waals surface area contributed by atoms with Crippen LogP contribution in [0.2, 0.25) is 0 Å². The number of hydrogen-bond donors (Lipinski definition) is 0. The van der Waals surface area contributed by atoms with Crippen LogP contribution >= 0.6 is 0 Å². The van der Waals surface area contributed by atoms with E-state index in [1.54, 1.807) is 33.0 Å². The van der Waals surface area contributed by atoms with E-state index in [1.807, 2.05) is 0 Å². The van der Waals surface area contributed by atoms with Gasteiger partial charge in [-0.05, 0) is 26.8 Å². The number of ether oxygens (including phenoxy) is 2. The van der Waals surface area contributed by atoms with Gasteiger partial charge in [-0.25, -0.2) is 4.79 Å². The zero-order chi connectivity index (χ0) is 13.8. The van der Waals surface area contributed by atoms with Crippen molar-refractivity contribution in [2.45, 2.75) is 39.3 Å². The highest BCUT2D eigenvalue weighted by Gasteiger charge is 2.19. The van der Waals surface area contributed by atoms with Gasteiger partial charge in [0.2, 0.25) is 0 Å². The summed E-state index contributed by atoms with van der Waals surface area (Å²) in [5.74, 6) is -0.788. The van der Waals surface area contributed by atoms with Gasteiger partial charge in [0.25, 0.3) is 0 Å². The van der Waals surface area contributed by atoms with Crippen molar-refractivity contribution < 1.29 is 19.1 Å². The van der Waals surface area contributed by atoms with Crippen LogP contribution in [0.25, 0.3) is 0 Å². The van der Waals surface area contributed by atoms with Crippen LogP contribution in [-0.4, -0.2) is 34.4 Å². The van der Waals surface area contributed by atoms with E-state index in [-0.39, 0.29) is 18.1 Å². The maximum Gasteiger partial charge on any atom is 0.359 e. The monoisotopic (exact) mass is 254 g/mol. The molecule has 0 N–H and O–H groups in total. The first kappa shape index (κ1) is 14.2. The van der Waals surface area contributed by atoms with E-state index >= 15 is 0 Å². The van der Waals surface area contributed by atoms with Crippen LogP contribution in [0.4, 0.5) is 0 Å². The van der Waals surface area contributed by atoms with Gasteiger partial charge in [0.15, 0.2) is 5.69 Å². The molecule has 0 radical (unpaired) electrons. The summed E-state index contributed by atoms with van der Waals surface area (Å²) in [4.78, 5) is 22.6.